The number of aliphatic hydroxyl groups excluding tert-OH is 1. The van der Waals surface area contributed by atoms with Crippen molar-refractivity contribution in [2.75, 3.05) is 19.8 Å². The van der Waals surface area contributed by atoms with Gasteiger partial charge in [-0.2, -0.15) is 0 Å². The minimum absolute atomic E-state index is 0.172. The Labute approximate surface area is 124 Å². The van der Waals surface area contributed by atoms with Gasteiger partial charge in [0.2, 0.25) is 10.0 Å². The van der Waals surface area contributed by atoms with Gasteiger partial charge in [-0.25, -0.2) is 13.1 Å². The van der Waals surface area contributed by atoms with Crippen molar-refractivity contribution >= 4 is 10.0 Å². The van der Waals surface area contributed by atoms with E-state index in [0.717, 1.165) is 12.8 Å². The average Bonchev–Trinajstić information content (AvgIpc) is 2.90. The summed E-state index contributed by atoms with van der Waals surface area (Å²) in [7, 11) is -3.57. The quantitative estimate of drug-likeness (QED) is 0.862. The van der Waals surface area contributed by atoms with Gasteiger partial charge in [-0.05, 0) is 37.3 Å². The van der Waals surface area contributed by atoms with Crippen molar-refractivity contribution in [3.05, 3.63) is 18.2 Å². The molecule has 1 aromatic carbocycles. The lowest BCUT2D eigenvalue weighted by atomic mass is 10.1. The molecule has 1 heterocycles. The van der Waals surface area contributed by atoms with Gasteiger partial charge in [-0.1, -0.05) is 0 Å². The van der Waals surface area contributed by atoms with Gasteiger partial charge in [-0.3, -0.25) is 0 Å². The number of sulfonamides is 1. The van der Waals surface area contributed by atoms with Crippen LogP contribution in [0.5, 0.6) is 11.5 Å². The molecule has 2 N–H and O–H groups in total. The first-order valence-corrected chi connectivity index (χ1v) is 8.60. The van der Waals surface area contributed by atoms with Crippen LogP contribution in [0.25, 0.3) is 0 Å². The molecule has 1 aromatic rings. The van der Waals surface area contributed by atoms with Crippen LogP contribution in [-0.4, -0.2) is 39.4 Å². The highest BCUT2D eigenvalue weighted by molar-refractivity contribution is 7.89. The minimum Gasteiger partial charge on any atom is -0.486 e. The van der Waals surface area contributed by atoms with Crippen LogP contribution < -0.4 is 14.2 Å². The van der Waals surface area contributed by atoms with E-state index in [9.17, 15) is 13.5 Å². The first-order chi connectivity index (χ1) is 10.0. The standard InChI is InChI=1S/C14H19NO5S/c16-11-2-1-10(7-11)9-15-21(17,18)12-3-4-13-14(8-12)20-6-5-19-13/h3-4,8,10-11,15-16H,1-2,5-7,9H2. The maximum absolute atomic E-state index is 12.3. The summed E-state index contributed by atoms with van der Waals surface area (Å²) in [6.45, 7) is 1.25. The van der Waals surface area contributed by atoms with E-state index in [1.54, 1.807) is 6.07 Å². The highest BCUT2D eigenvalue weighted by Gasteiger charge is 2.25. The fraction of sp³-hybridized carbons (Fsp3) is 0.571. The number of fused-ring (bicyclic) bond motifs is 1. The molecule has 2 unspecified atom stereocenters. The van der Waals surface area contributed by atoms with Gasteiger partial charge in [0.1, 0.15) is 13.2 Å². The van der Waals surface area contributed by atoms with Crippen LogP contribution in [0, 0.1) is 5.92 Å². The predicted octanol–water partition coefficient (Wildman–Crippen LogP) is 0.897. The number of benzene rings is 1. The summed E-state index contributed by atoms with van der Waals surface area (Å²) in [5.41, 5.74) is 0. The second-order valence-corrected chi connectivity index (χ2v) is 7.26. The SMILES string of the molecule is O=S(=O)(NCC1CCC(O)C1)c1ccc2c(c1)OCCO2. The van der Waals surface area contributed by atoms with Crippen LogP contribution in [0.4, 0.5) is 0 Å². The normalized spacial score (nSPS) is 25.0. The summed E-state index contributed by atoms with van der Waals surface area (Å²) in [5.74, 6) is 1.23. The molecule has 0 radical (unpaired) electrons. The molecular formula is C14H19NO5S. The lowest BCUT2D eigenvalue weighted by Crippen LogP contribution is -2.29. The van der Waals surface area contributed by atoms with Crippen molar-refractivity contribution in [2.24, 2.45) is 5.92 Å². The van der Waals surface area contributed by atoms with Gasteiger partial charge < -0.3 is 14.6 Å². The Balaban J connectivity index is 1.69. The van der Waals surface area contributed by atoms with Crippen LogP contribution in [0.3, 0.4) is 0 Å². The molecule has 2 aliphatic rings. The zero-order valence-corrected chi connectivity index (χ0v) is 12.4. The van der Waals surface area contributed by atoms with E-state index in [1.165, 1.54) is 12.1 Å². The predicted molar refractivity (Wildman–Crippen MR) is 76.0 cm³/mol. The molecule has 1 aliphatic carbocycles. The van der Waals surface area contributed by atoms with Gasteiger partial charge in [0.15, 0.2) is 11.5 Å². The average molecular weight is 313 g/mol. The second kappa shape index (κ2) is 5.82. The lowest BCUT2D eigenvalue weighted by molar-refractivity contribution is 0.171. The van der Waals surface area contributed by atoms with Gasteiger partial charge in [0.05, 0.1) is 11.0 Å². The van der Waals surface area contributed by atoms with E-state index in [0.29, 0.717) is 37.7 Å². The molecule has 1 saturated carbocycles. The third kappa shape index (κ3) is 3.30. The Morgan fingerprint density at radius 2 is 1.95 bits per heavy atom. The Bertz CT molecular complexity index is 616. The van der Waals surface area contributed by atoms with Crippen molar-refractivity contribution in [2.45, 2.75) is 30.3 Å². The zero-order chi connectivity index (χ0) is 14.9. The third-order valence-corrected chi connectivity index (χ3v) is 5.32. The Morgan fingerprint density at radius 1 is 1.19 bits per heavy atom. The molecule has 21 heavy (non-hydrogen) atoms. The van der Waals surface area contributed by atoms with Gasteiger partial charge in [0, 0.05) is 12.6 Å². The lowest BCUT2D eigenvalue weighted by Gasteiger charge is -2.19. The fourth-order valence-electron chi connectivity index (χ4n) is 2.74. The maximum Gasteiger partial charge on any atom is 0.240 e. The summed E-state index contributed by atoms with van der Waals surface area (Å²) >= 11 is 0. The number of hydrogen-bond donors (Lipinski definition) is 2. The number of nitrogens with one attached hydrogen (secondary N) is 1. The van der Waals surface area contributed by atoms with Crippen molar-refractivity contribution in [3.63, 3.8) is 0 Å². The molecule has 2 atom stereocenters. The molecule has 0 amide bonds. The highest BCUT2D eigenvalue weighted by atomic mass is 32.2. The number of rotatable bonds is 4. The molecule has 0 saturated heterocycles. The monoisotopic (exact) mass is 313 g/mol. The summed E-state index contributed by atoms with van der Waals surface area (Å²) < 4.78 is 38.0. The summed E-state index contributed by atoms with van der Waals surface area (Å²) in [4.78, 5) is 0.172. The van der Waals surface area contributed by atoms with E-state index in [2.05, 4.69) is 4.72 Å². The van der Waals surface area contributed by atoms with Crippen LogP contribution >= 0.6 is 0 Å². The topological polar surface area (TPSA) is 84.9 Å². The Hall–Kier alpha value is -1.31. The molecule has 1 aliphatic heterocycles. The minimum atomic E-state index is -3.57. The molecule has 0 aromatic heterocycles. The number of aliphatic hydroxyl groups is 1. The van der Waals surface area contributed by atoms with E-state index < -0.39 is 10.0 Å². The molecule has 0 bridgehead atoms. The van der Waals surface area contributed by atoms with Crippen LogP contribution in [0.1, 0.15) is 19.3 Å². The molecule has 0 spiro atoms. The van der Waals surface area contributed by atoms with Crippen molar-refractivity contribution in [1.82, 2.24) is 4.72 Å². The molecule has 1 fully saturated rings. The van der Waals surface area contributed by atoms with E-state index in [-0.39, 0.29) is 16.9 Å². The maximum atomic E-state index is 12.3. The second-order valence-electron chi connectivity index (χ2n) is 5.49. The number of hydrogen-bond acceptors (Lipinski definition) is 5. The van der Waals surface area contributed by atoms with E-state index >= 15 is 0 Å². The molecule has 6 nitrogen and oxygen atoms in total. The molecule has 7 heteroatoms. The third-order valence-electron chi connectivity index (χ3n) is 3.90. The highest BCUT2D eigenvalue weighted by Crippen LogP contribution is 2.32. The molecular weight excluding hydrogens is 294 g/mol. The smallest absolute Gasteiger partial charge is 0.240 e. The Kier molecular flexibility index (Phi) is 4.05. The van der Waals surface area contributed by atoms with Gasteiger partial charge in [-0.15, -0.1) is 0 Å². The van der Waals surface area contributed by atoms with Crippen molar-refractivity contribution in [3.8, 4) is 11.5 Å². The first kappa shape index (κ1) is 14.6. The van der Waals surface area contributed by atoms with Crippen LogP contribution in [-0.2, 0) is 10.0 Å². The van der Waals surface area contributed by atoms with Crippen LogP contribution in [0.2, 0.25) is 0 Å². The molecule has 3 rings (SSSR count). The van der Waals surface area contributed by atoms with E-state index in [1.807, 2.05) is 0 Å². The molecule has 116 valence electrons. The number of ether oxygens (including phenoxy) is 2. The largest absolute Gasteiger partial charge is 0.486 e. The van der Waals surface area contributed by atoms with E-state index in [4.69, 9.17) is 9.47 Å². The summed E-state index contributed by atoms with van der Waals surface area (Å²) in [5, 5.41) is 9.47. The van der Waals surface area contributed by atoms with Crippen LogP contribution in [0.15, 0.2) is 23.1 Å². The first-order valence-electron chi connectivity index (χ1n) is 7.12. The summed E-state index contributed by atoms with van der Waals surface area (Å²) in [6, 6.07) is 4.61. The Morgan fingerprint density at radius 3 is 2.67 bits per heavy atom. The van der Waals surface area contributed by atoms with Crippen molar-refractivity contribution in [1.29, 1.82) is 0 Å². The summed E-state index contributed by atoms with van der Waals surface area (Å²) in [6.07, 6.45) is 1.96. The van der Waals surface area contributed by atoms with Gasteiger partial charge in [0.25, 0.3) is 0 Å². The van der Waals surface area contributed by atoms with Gasteiger partial charge >= 0.3 is 0 Å². The fourth-order valence-corrected chi connectivity index (χ4v) is 3.87. The zero-order valence-electron chi connectivity index (χ0n) is 11.6. The van der Waals surface area contributed by atoms with Crippen molar-refractivity contribution < 1.29 is 23.0 Å².